The van der Waals surface area contributed by atoms with Gasteiger partial charge in [0, 0.05) is 18.8 Å². The summed E-state index contributed by atoms with van der Waals surface area (Å²) in [4.78, 5) is 26.5. The predicted octanol–water partition coefficient (Wildman–Crippen LogP) is 3.37. The van der Waals surface area contributed by atoms with E-state index in [-0.39, 0.29) is 12.2 Å². The molecule has 6 nitrogen and oxygen atoms in total. The summed E-state index contributed by atoms with van der Waals surface area (Å²) in [7, 11) is 1.60. The Morgan fingerprint density at radius 2 is 1.96 bits per heavy atom. The van der Waals surface area contributed by atoms with Crippen LogP contribution in [0.2, 0.25) is 5.02 Å². The first-order chi connectivity index (χ1) is 12.4. The van der Waals surface area contributed by atoms with Gasteiger partial charge in [-0.25, -0.2) is 4.68 Å². The van der Waals surface area contributed by atoms with Crippen molar-refractivity contribution in [3.8, 4) is 5.69 Å². The van der Waals surface area contributed by atoms with Gasteiger partial charge in [0.2, 0.25) is 5.43 Å². The minimum Gasteiger partial charge on any atom is -0.464 e. The highest BCUT2D eigenvalue weighted by Crippen LogP contribution is 2.20. The maximum absolute atomic E-state index is 12.7. The number of halogens is 1. The van der Waals surface area contributed by atoms with Crippen molar-refractivity contribution in [1.29, 1.82) is 0 Å². The second kappa shape index (κ2) is 7.17. The standard InChI is InChI=1S/C19H18ClN3O3/c1-12-10-17(24)18(21-23(12)16-7-5-4-6-15(16)20)19(25)22(3)11-14-9-8-13(2)26-14/h4-10H,11H2,1-3H3. The lowest BCUT2D eigenvalue weighted by Gasteiger charge is -2.17. The molecule has 0 N–H and O–H groups in total. The van der Waals surface area contributed by atoms with Crippen LogP contribution in [0.3, 0.4) is 0 Å². The van der Waals surface area contributed by atoms with Crippen molar-refractivity contribution in [3.05, 3.63) is 80.6 Å². The van der Waals surface area contributed by atoms with Gasteiger partial charge >= 0.3 is 0 Å². The fourth-order valence-corrected chi connectivity index (χ4v) is 2.84. The van der Waals surface area contributed by atoms with Crippen LogP contribution in [-0.4, -0.2) is 27.6 Å². The highest BCUT2D eigenvalue weighted by Gasteiger charge is 2.20. The number of benzene rings is 1. The van der Waals surface area contributed by atoms with Gasteiger partial charge in [-0.05, 0) is 38.1 Å². The molecule has 0 unspecified atom stereocenters. The Labute approximate surface area is 155 Å². The Morgan fingerprint density at radius 3 is 2.62 bits per heavy atom. The van der Waals surface area contributed by atoms with Crippen molar-refractivity contribution in [2.75, 3.05) is 7.05 Å². The summed E-state index contributed by atoms with van der Waals surface area (Å²) in [6.07, 6.45) is 0. The summed E-state index contributed by atoms with van der Waals surface area (Å²) in [5.41, 5.74) is 0.591. The van der Waals surface area contributed by atoms with Gasteiger partial charge in [0.1, 0.15) is 11.5 Å². The number of nitrogens with zero attached hydrogens (tertiary/aromatic N) is 3. The minimum absolute atomic E-state index is 0.165. The number of aryl methyl sites for hydroxylation is 2. The average Bonchev–Trinajstić information content (AvgIpc) is 3.00. The number of para-hydroxylation sites is 1. The second-order valence-corrected chi connectivity index (χ2v) is 6.44. The highest BCUT2D eigenvalue weighted by molar-refractivity contribution is 6.32. The van der Waals surface area contributed by atoms with Gasteiger partial charge in [0.05, 0.1) is 17.3 Å². The largest absolute Gasteiger partial charge is 0.464 e. The van der Waals surface area contributed by atoms with Crippen LogP contribution in [0.4, 0.5) is 0 Å². The molecule has 7 heteroatoms. The van der Waals surface area contributed by atoms with Crippen molar-refractivity contribution in [2.45, 2.75) is 20.4 Å². The van der Waals surface area contributed by atoms with Gasteiger partial charge < -0.3 is 9.32 Å². The third-order valence-corrected chi connectivity index (χ3v) is 4.25. The molecule has 0 saturated carbocycles. The lowest BCUT2D eigenvalue weighted by Crippen LogP contribution is -2.33. The van der Waals surface area contributed by atoms with E-state index in [0.717, 1.165) is 5.76 Å². The first kappa shape index (κ1) is 17.9. The minimum atomic E-state index is -0.482. The first-order valence-corrected chi connectivity index (χ1v) is 8.41. The number of aromatic nitrogens is 2. The molecular weight excluding hydrogens is 354 g/mol. The Morgan fingerprint density at radius 1 is 1.23 bits per heavy atom. The maximum atomic E-state index is 12.7. The van der Waals surface area contributed by atoms with Crippen molar-refractivity contribution in [3.63, 3.8) is 0 Å². The third kappa shape index (κ3) is 3.55. The van der Waals surface area contributed by atoms with Gasteiger partial charge in [0.15, 0.2) is 5.69 Å². The van der Waals surface area contributed by atoms with Crippen molar-refractivity contribution >= 4 is 17.5 Å². The van der Waals surface area contributed by atoms with Crippen molar-refractivity contribution in [1.82, 2.24) is 14.7 Å². The molecule has 0 aliphatic carbocycles. The molecule has 0 atom stereocenters. The Kier molecular flexibility index (Phi) is 4.95. The van der Waals surface area contributed by atoms with Gasteiger partial charge in [-0.1, -0.05) is 23.7 Å². The van der Waals surface area contributed by atoms with E-state index in [9.17, 15) is 9.59 Å². The van der Waals surface area contributed by atoms with Crippen LogP contribution >= 0.6 is 11.6 Å². The normalized spacial score (nSPS) is 10.8. The van der Waals surface area contributed by atoms with Crippen LogP contribution in [0, 0.1) is 13.8 Å². The number of furan rings is 1. The Bertz CT molecular complexity index is 1020. The fraction of sp³-hybridized carbons (Fsp3) is 0.211. The lowest BCUT2D eigenvalue weighted by atomic mass is 10.2. The number of hydrogen-bond acceptors (Lipinski definition) is 4. The summed E-state index contributed by atoms with van der Waals surface area (Å²) < 4.78 is 6.99. The molecule has 3 aromatic rings. The second-order valence-electron chi connectivity index (χ2n) is 6.04. The van der Waals surface area contributed by atoms with Gasteiger partial charge in [-0.2, -0.15) is 5.10 Å². The third-order valence-electron chi connectivity index (χ3n) is 3.93. The summed E-state index contributed by atoms with van der Waals surface area (Å²) in [6, 6.07) is 12.1. The quantitative estimate of drug-likeness (QED) is 0.705. The number of carbonyl (C=O) groups is 1. The molecule has 1 amide bonds. The van der Waals surface area contributed by atoms with Crippen LogP contribution in [0.5, 0.6) is 0 Å². The molecule has 0 fully saturated rings. The molecular formula is C19H18ClN3O3. The zero-order valence-corrected chi connectivity index (χ0v) is 15.4. The smallest absolute Gasteiger partial charge is 0.278 e. The Hall–Kier alpha value is -2.86. The summed E-state index contributed by atoms with van der Waals surface area (Å²) >= 11 is 6.23. The van der Waals surface area contributed by atoms with E-state index in [1.165, 1.54) is 15.6 Å². The zero-order chi connectivity index (χ0) is 18.8. The van der Waals surface area contributed by atoms with Gasteiger partial charge in [-0.15, -0.1) is 0 Å². The van der Waals surface area contributed by atoms with E-state index in [1.807, 2.05) is 19.1 Å². The highest BCUT2D eigenvalue weighted by atomic mass is 35.5. The van der Waals surface area contributed by atoms with E-state index < -0.39 is 11.3 Å². The maximum Gasteiger partial charge on any atom is 0.278 e. The Balaban J connectivity index is 1.97. The molecule has 0 saturated heterocycles. The van der Waals surface area contributed by atoms with Crippen molar-refractivity contribution < 1.29 is 9.21 Å². The number of amides is 1. The number of rotatable bonds is 4. The van der Waals surface area contributed by atoms with E-state index in [1.54, 1.807) is 38.2 Å². The molecule has 2 aromatic heterocycles. The molecule has 0 spiro atoms. The van der Waals surface area contributed by atoms with E-state index in [2.05, 4.69) is 5.10 Å². The van der Waals surface area contributed by atoms with Gasteiger partial charge in [0.25, 0.3) is 5.91 Å². The van der Waals surface area contributed by atoms with Crippen LogP contribution in [-0.2, 0) is 6.54 Å². The summed E-state index contributed by atoms with van der Waals surface area (Å²) in [5, 5.41) is 4.75. The van der Waals surface area contributed by atoms with Crippen LogP contribution in [0.1, 0.15) is 27.7 Å². The molecule has 2 heterocycles. The summed E-state index contributed by atoms with van der Waals surface area (Å²) in [6.45, 7) is 3.81. The molecule has 0 aliphatic heterocycles. The molecule has 3 rings (SSSR count). The van der Waals surface area contributed by atoms with E-state index in [0.29, 0.717) is 22.2 Å². The number of hydrogen-bond donors (Lipinski definition) is 0. The molecule has 1 aromatic carbocycles. The van der Waals surface area contributed by atoms with E-state index in [4.69, 9.17) is 16.0 Å². The predicted molar refractivity (Wildman–Crippen MR) is 98.8 cm³/mol. The first-order valence-electron chi connectivity index (χ1n) is 8.03. The number of carbonyl (C=O) groups excluding carboxylic acids is 1. The lowest BCUT2D eigenvalue weighted by molar-refractivity contribution is 0.0765. The van der Waals surface area contributed by atoms with Crippen molar-refractivity contribution in [2.24, 2.45) is 0 Å². The average molecular weight is 372 g/mol. The molecule has 0 aliphatic rings. The molecule has 0 bridgehead atoms. The molecule has 134 valence electrons. The monoisotopic (exact) mass is 371 g/mol. The van der Waals surface area contributed by atoms with Crippen LogP contribution in [0.15, 0.2) is 51.7 Å². The fourth-order valence-electron chi connectivity index (χ4n) is 2.62. The SMILES string of the molecule is Cc1ccc(CN(C)C(=O)c2nn(-c3ccccc3Cl)c(C)cc2=O)o1. The molecule has 0 radical (unpaired) electrons. The zero-order valence-electron chi connectivity index (χ0n) is 14.7. The molecule has 26 heavy (non-hydrogen) atoms. The van der Waals surface area contributed by atoms with Crippen LogP contribution in [0.25, 0.3) is 5.69 Å². The van der Waals surface area contributed by atoms with E-state index >= 15 is 0 Å². The van der Waals surface area contributed by atoms with Gasteiger partial charge in [-0.3, -0.25) is 9.59 Å². The topological polar surface area (TPSA) is 68.3 Å². The van der Waals surface area contributed by atoms with Crippen LogP contribution < -0.4 is 5.43 Å². The summed E-state index contributed by atoms with van der Waals surface area (Å²) in [5.74, 6) is 0.914.